The number of aliphatic hydroxyl groups is 1. The molecule has 4 heterocycles. The maximum Gasteiger partial charge on any atom is 0.343 e. The first kappa shape index (κ1) is 22.2. The van der Waals surface area contributed by atoms with Gasteiger partial charge in [0.2, 0.25) is 0 Å². The molecule has 0 radical (unpaired) electrons. The molecule has 0 saturated heterocycles. The van der Waals surface area contributed by atoms with Gasteiger partial charge in [0.25, 0.3) is 11.5 Å². The minimum absolute atomic E-state index is 0.0624. The Morgan fingerprint density at radius 2 is 1.86 bits per heavy atom. The van der Waals surface area contributed by atoms with E-state index in [-0.39, 0.29) is 42.2 Å². The van der Waals surface area contributed by atoms with Crippen LogP contribution in [0.2, 0.25) is 0 Å². The normalized spacial score (nSPS) is 17.8. The van der Waals surface area contributed by atoms with Gasteiger partial charge in [-0.1, -0.05) is 55.5 Å². The predicted octanol–water partition coefficient (Wildman–Crippen LogP) is 3.01. The molecule has 0 unspecified atom stereocenters. The average molecular weight is 482 g/mol. The van der Waals surface area contributed by atoms with E-state index in [0.29, 0.717) is 40.0 Å². The van der Waals surface area contributed by atoms with Gasteiger partial charge in [0.1, 0.15) is 6.61 Å². The number of nitrogens with one attached hydrogen (secondary N) is 1. The molecule has 2 aliphatic heterocycles. The fourth-order valence-electron chi connectivity index (χ4n) is 5.15. The number of ether oxygens (including phenoxy) is 1. The second kappa shape index (κ2) is 8.13. The summed E-state index contributed by atoms with van der Waals surface area (Å²) in [6, 6.07) is 18.6. The number of hydrogen-bond acceptors (Lipinski definition) is 6. The molecule has 1 amide bonds. The van der Waals surface area contributed by atoms with Gasteiger partial charge in [0.15, 0.2) is 5.60 Å². The zero-order valence-electron chi connectivity index (χ0n) is 19.6. The highest BCUT2D eigenvalue weighted by molar-refractivity contribution is 6.09. The first-order valence-electron chi connectivity index (χ1n) is 11.8. The van der Waals surface area contributed by atoms with Crippen molar-refractivity contribution < 1.29 is 19.4 Å². The van der Waals surface area contributed by atoms with E-state index < -0.39 is 11.6 Å². The largest absolute Gasteiger partial charge is 0.458 e. The summed E-state index contributed by atoms with van der Waals surface area (Å²) in [5, 5.41) is 14.8. The lowest BCUT2D eigenvalue weighted by Gasteiger charge is -2.31. The number of fused-ring (bicyclic) bond motifs is 5. The van der Waals surface area contributed by atoms with Crippen molar-refractivity contribution in [1.29, 1.82) is 0 Å². The SMILES string of the molecule is CC[C@@]1(O)C(=O)OCc2c1cc1n(c2=O)Cc2c-1nc1ccccc1c2C(=O)NCc1ccccc1. The fraction of sp³-hybridized carbons (Fsp3) is 0.214. The molecule has 0 spiro atoms. The number of carbonyl (C=O) groups excluding carboxylic acids is 2. The maximum atomic E-state index is 13.5. The van der Waals surface area contributed by atoms with Crippen molar-refractivity contribution in [2.45, 2.75) is 38.6 Å². The highest BCUT2D eigenvalue weighted by Crippen LogP contribution is 2.40. The number of rotatable bonds is 4. The van der Waals surface area contributed by atoms with Crippen molar-refractivity contribution in [2.75, 3.05) is 0 Å². The van der Waals surface area contributed by atoms with Crippen LogP contribution in [0.1, 0.15) is 46.0 Å². The van der Waals surface area contributed by atoms with Gasteiger partial charge in [-0.05, 0) is 24.1 Å². The lowest BCUT2D eigenvalue weighted by atomic mass is 9.86. The molecule has 8 heteroatoms. The smallest absolute Gasteiger partial charge is 0.343 e. The van der Waals surface area contributed by atoms with Crippen LogP contribution in [-0.2, 0) is 34.8 Å². The van der Waals surface area contributed by atoms with Crippen LogP contribution >= 0.6 is 0 Å². The van der Waals surface area contributed by atoms with Crippen molar-refractivity contribution in [3.05, 3.63) is 98.8 Å². The minimum Gasteiger partial charge on any atom is -0.458 e. The Balaban J connectivity index is 1.52. The van der Waals surface area contributed by atoms with Gasteiger partial charge in [-0.25, -0.2) is 9.78 Å². The molecule has 8 nitrogen and oxygen atoms in total. The first-order valence-corrected chi connectivity index (χ1v) is 11.8. The number of esters is 1. The summed E-state index contributed by atoms with van der Waals surface area (Å²) >= 11 is 0. The number of hydrogen-bond donors (Lipinski definition) is 2. The first-order chi connectivity index (χ1) is 17.4. The van der Waals surface area contributed by atoms with Crippen LogP contribution in [0, 0.1) is 0 Å². The van der Waals surface area contributed by atoms with Gasteiger partial charge >= 0.3 is 5.97 Å². The van der Waals surface area contributed by atoms with Crippen LogP contribution in [0.3, 0.4) is 0 Å². The van der Waals surface area contributed by atoms with Crippen molar-refractivity contribution in [1.82, 2.24) is 14.9 Å². The molecule has 2 aliphatic rings. The Bertz CT molecular complexity index is 1630. The average Bonchev–Trinajstić information content (AvgIpc) is 3.27. The van der Waals surface area contributed by atoms with E-state index in [1.165, 1.54) is 0 Å². The molecule has 36 heavy (non-hydrogen) atoms. The van der Waals surface area contributed by atoms with Crippen molar-refractivity contribution in [3.8, 4) is 11.4 Å². The Labute approximate surface area is 206 Å². The van der Waals surface area contributed by atoms with Crippen LogP contribution in [0.25, 0.3) is 22.3 Å². The highest BCUT2D eigenvalue weighted by Gasteiger charge is 2.45. The fourth-order valence-corrected chi connectivity index (χ4v) is 5.15. The van der Waals surface area contributed by atoms with E-state index in [2.05, 4.69) is 5.32 Å². The second-order valence-electron chi connectivity index (χ2n) is 9.10. The number of benzene rings is 2. The van der Waals surface area contributed by atoms with Gasteiger partial charge in [-0.15, -0.1) is 0 Å². The van der Waals surface area contributed by atoms with E-state index in [1.807, 2.05) is 54.6 Å². The quantitative estimate of drug-likeness (QED) is 0.382. The molecule has 4 aromatic rings. The summed E-state index contributed by atoms with van der Waals surface area (Å²) in [5.41, 5.74) is 1.87. The number of carbonyl (C=O) groups is 2. The van der Waals surface area contributed by atoms with Gasteiger partial charge in [0.05, 0.1) is 34.6 Å². The molecule has 0 saturated carbocycles. The van der Waals surface area contributed by atoms with E-state index >= 15 is 0 Å². The Hall–Kier alpha value is -4.30. The monoisotopic (exact) mass is 481 g/mol. The Morgan fingerprint density at radius 1 is 1.11 bits per heavy atom. The van der Waals surface area contributed by atoms with Crippen molar-refractivity contribution in [2.24, 2.45) is 0 Å². The van der Waals surface area contributed by atoms with Crippen LogP contribution < -0.4 is 10.9 Å². The summed E-state index contributed by atoms with van der Waals surface area (Å²) in [6.07, 6.45) is 0.0624. The van der Waals surface area contributed by atoms with Gasteiger partial charge in [0, 0.05) is 23.1 Å². The lowest BCUT2D eigenvalue weighted by molar-refractivity contribution is -0.172. The summed E-state index contributed by atoms with van der Waals surface area (Å²) < 4.78 is 6.69. The molecule has 0 fully saturated rings. The Kier molecular flexibility index (Phi) is 5.01. The standard InChI is InChI=1S/C28H23N3O5/c1-2-28(35)20-12-22-24-18(14-31(22)26(33)19(20)15-36-27(28)34)23(17-10-6-7-11-21(17)30-24)25(32)29-13-16-8-4-3-5-9-16/h3-12,35H,2,13-15H2,1H3,(H,29,32)/t28-/m0/s1. The molecule has 1 atom stereocenters. The molecule has 0 aliphatic carbocycles. The molecular formula is C28H23N3O5. The molecular weight excluding hydrogens is 458 g/mol. The van der Waals surface area contributed by atoms with E-state index in [4.69, 9.17) is 9.72 Å². The summed E-state index contributed by atoms with van der Waals surface area (Å²) in [6.45, 7) is 1.97. The summed E-state index contributed by atoms with van der Waals surface area (Å²) in [7, 11) is 0. The number of cyclic esters (lactones) is 1. The van der Waals surface area contributed by atoms with E-state index in [1.54, 1.807) is 17.6 Å². The van der Waals surface area contributed by atoms with Crippen LogP contribution in [0.5, 0.6) is 0 Å². The van der Waals surface area contributed by atoms with Gasteiger partial charge < -0.3 is 19.7 Å². The van der Waals surface area contributed by atoms with Crippen LogP contribution in [0.4, 0.5) is 0 Å². The van der Waals surface area contributed by atoms with Crippen molar-refractivity contribution in [3.63, 3.8) is 0 Å². The molecule has 2 aromatic heterocycles. The van der Waals surface area contributed by atoms with E-state index in [9.17, 15) is 19.5 Å². The number of amides is 1. The maximum absolute atomic E-state index is 13.5. The number of pyridine rings is 2. The number of nitrogens with zero attached hydrogens (tertiary/aromatic N) is 2. The van der Waals surface area contributed by atoms with Crippen molar-refractivity contribution >= 4 is 22.8 Å². The molecule has 2 aromatic carbocycles. The second-order valence-corrected chi connectivity index (χ2v) is 9.10. The molecule has 2 N–H and O–H groups in total. The third kappa shape index (κ3) is 3.18. The summed E-state index contributed by atoms with van der Waals surface area (Å²) in [4.78, 5) is 44.3. The molecule has 6 rings (SSSR count). The summed E-state index contributed by atoms with van der Waals surface area (Å²) in [5.74, 6) is -1.03. The lowest BCUT2D eigenvalue weighted by Crippen LogP contribution is -2.44. The molecule has 0 bridgehead atoms. The third-order valence-corrected chi connectivity index (χ3v) is 7.12. The Morgan fingerprint density at radius 3 is 2.64 bits per heavy atom. The van der Waals surface area contributed by atoms with Gasteiger partial charge in [-0.2, -0.15) is 0 Å². The number of para-hydroxylation sites is 1. The topological polar surface area (TPSA) is 111 Å². The zero-order valence-corrected chi connectivity index (χ0v) is 19.6. The van der Waals surface area contributed by atoms with Crippen LogP contribution in [0.15, 0.2) is 65.5 Å². The van der Waals surface area contributed by atoms with E-state index in [0.717, 1.165) is 5.56 Å². The number of aromatic nitrogens is 2. The highest BCUT2D eigenvalue weighted by atomic mass is 16.6. The third-order valence-electron chi connectivity index (χ3n) is 7.12. The molecule has 180 valence electrons. The van der Waals surface area contributed by atoms with Gasteiger partial charge in [-0.3, -0.25) is 9.59 Å². The predicted molar refractivity (Wildman–Crippen MR) is 132 cm³/mol. The zero-order chi connectivity index (χ0) is 25.0. The minimum atomic E-state index is -1.90. The van der Waals surface area contributed by atoms with Crippen LogP contribution in [-0.4, -0.2) is 26.5 Å².